The predicted octanol–water partition coefficient (Wildman–Crippen LogP) is 3.66. The van der Waals surface area contributed by atoms with Crippen LogP contribution < -0.4 is 9.62 Å². The molecule has 1 N–H and O–H groups in total. The number of hydrogen-bond donors (Lipinski definition) is 1. The van der Waals surface area contributed by atoms with E-state index < -0.39 is 45.2 Å². The summed E-state index contributed by atoms with van der Waals surface area (Å²) in [7, 11) is -4.11. The molecule has 1 atom stereocenters. The first-order valence-electron chi connectivity index (χ1n) is 12.5. The lowest BCUT2D eigenvalue weighted by molar-refractivity contribution is -0.384. The minimum Gasteiger partial charge on any atom is -0.352 e. The number of nitrogens with one attached hydrogen (secondary N) is 1. The van der Waals surface area contributed by atoms with Gasteiger partial charge in [-0.1, -0.05) is 54.6 Å². The third-order valence-electron chi connectivity index (χ3n) is 6.01. The second-order valence-electron chi connectivity index (χ2n) is 9.53. The second-order valence-corrected chi connectivity index (χ2v) is 11.4. The number of benzene rings is 3. The van der Waals surface area contributed by atoms with E-state index in [2.05, 4.69) is 5.32 Å². The van der Waals surface area contributed by atoms with Gasteiger partial charge in [-0.2, -0.15) is 0 Å². The van der Waals surface area contributed by atoms with Crippen molar-refractivity contribution in [2.24, 2.45) is 0 Å². The van der Waals surface area contributed by atoms with Crippen LogP contribution in [0, 0.1) is 15.9 Å². The zero-order chi connectivity index (χ0) is 29.4. The monoisotopic (exact) mass is 570 g/mol. The molecule has 0 radical (unpaired) electrons. The molecule has 0 aliphatic carbocycles. The Balaban J connectivity index is 2.08. The van der Waals surface area contributed by atoms with E-state index in [1.165, 1.54) is 36.4 Å². The van der Waals surface area contributed by atoms with Gasteiger partial charge in [0.1, 0.15) is 18.4 Å². The van der Waals surface area contributed by atoms with Crippen LogP contribution in [0.5, 0.6) is 0 Å². The average Bonchev–Trinajstić information content (AvgIpc) is 2.89. The fourth-order valence-corrected chi connectivity index (χ4v) is 4.96. The molecule has 0 aliphatic rings. The van der Waals surface area contributed by atoms with Gasteiger partial charge < -0.3 is 10.2 Å². The smallest absolute Gasteiger partial charge is 0.271 e. The Hall–Kier alpha value is -4.32. The summed E-state index contributed by atoms with van der Waals surface area (Å²) in [4.78, 5) is 39.1. The van der Waals surface area contributed by atoms with E-state index in [0.717, 1.165) is 27.1 Å². The molecule has 2 amide bonds. The number of sulfonamides is 1. The molecular formula is C28H31FN4O6S. The number of rotatable bonds is 12. The number of carbonyl (C=O) groups excluding carboxylic acids is 2. The van der Waals surface area contributed by atoms with Gasteiger partial charge in [0.15, 0.2) is 0 Å². The molecule has 0 aliphatic heterocycles. The van der Waals surface area contributed by atoms with Gasteiger partial charge in [-0.3, -0.25) is 24.0 Å². The van der Waals surface area contributed by atoms with Gasteiger partial charge in [0.2, 0.25) is 21.8 Å². The molecule has 12 heteroatoms. The van der Waals surface area contributed by atoms with Crippen molar-refractivity contribution in [2.45, 2.75) is 38.9 Å². The van der Waals surface area contributed by atoms with E-state index in [1.807, 2.05) is 0 Å². The molecule has 10 nitrogen and oxygen atoms in total. The number of halogens is 1. The first-order chi connectivity index (χ1) is 18.9. The second kappa shape index (κ2) is 13.2. The lowest BCUT2D eigenvalue weighted by Crippen LogP contribution is -2.54. The molecule has 3 rings (SSSR count). The van der Waals surface area contributed by atoms with E-state index >= 15 is 0 Å². The largest absolute Gasteiger partial charge is 0.352 e. The van der Waals surface area contributed by atoms with Crippen LogP contribution in [0.25, 0.3) is 0 Å². The minimum absolute atomic E-state index is 0.0786. The summed E-state index contributed by atoms with van der Waals surface area (Å²) in [5.41, 5.74) is 0.408. The highest BCUT2D eigenvalue weighted by Crippen LogP contribution is 2.24. The maximum atomic E-state index is 14.7. The summed E-state index contributed by atoms with van der Waals surface area (Å²) in [6, 6.07) is 18.2. The van der Waals surface area contributed by atoms with Gasteiger partial charge in [0, 0.05) is 36.7 Å². The zero-order valence-electron chi connectivity index (χ0n) is 22.4. The van der Waals surface area contributed by atoms with Crippen molar-refractivity contribution >= 4 is 33.2 Å². The van der Waals surface area contributed by atoms with Crippen molar-refractivity contribution in [1.29, 1.82) is 0 Å². The molecular weight excluding hydrogens is 539 g/mol. The summed E-state index contributed by atoms with van der Waals surface area (Å²) < 4.78 is 41.0. The highest BCUT2D eigenvalue weighted by Gasteiger charge is 2.34. The summed E-state index contributed by atoms with van der Waals surface area (Å²) in [5.74, 6) is -1.88. The molecule has 0 unspecified atom stereocenters. The van der Waals surface area contributed by atoms with Crippen molar-refractivity contribution in [2.75, 3.05) is 17.1 Å². The number of carbonyl (C=O) groups is 2. The van der Waals surface area contributed by atoms with Crippen LogP contribution >= 0.6 is 0 Å². The summed E-state index contributed by atoms with van der Waals surface area (Å²) in [6.45, 7) is 2.43. The highest BCUT2D eigenvalue weighted by atomic mass is 32.2. The Morgan fingerprint density at radius 3 is 2.25 bits per heavy atom. The number of amides is 2. The number of non-ortho nitro benzene ring substituents is 1. The summed E-state index contributed by atoms with van der Waals surface area (Å²) >= 11 is 0. The van der Waals surface area contributed by atoms with Crippen molar-refractivity contribution in [3.05, 3.63) is 106 Å². The summed E-state index contributed by atoms with van der Waals surface area (Å²) in [6.07, 6.45) is 0.947. The van der Waals surface area contributed by atoms with E-state index in [4.69, 9.17) is 0 Å². The predicted molar refractivity (Wildman–Crippen MR) is 149 cm³/mol. The van der Waals surface area contributed by atoms with Gasteiger partial charge >= 0.3 is 0 Å². The quantitative estimate of drug-likeness (QED) is 0.261. The summed E-state index contributed by atoms with van der Waals surface area (Å²) in [5, 5.41) is 14.1. The molecule has 3 aromatic rings. The normalized spacial score (nSPS) is 12.0. The molecule has 0 heterocycles. The number of anilines is 1. The van der Waals surface area contributed by atoms with Crippen LogP contribution in [0.3, 0.4) is 0 Å². The van der Waals surface area contributed by atoms with Gasteiger partial charge in [-0.25, -0.2) is 12.8 Å². The van der Waals surface area contributed by atoms with Crippen molar-refractivity contribution in [1.82, 2.24) is 10.2 Å². The van der Waals surface area contributed by atoms with Crippen LogP contribution in [-0.4, -0.2) is 54.9 Å². The van der Waals surface area contributed by atoms with Crippen LogP contribution in [0.2, 0.25) is 0 Å². The van der Waals surface area contributed by atoms with Crippen LogP contribution in [0.4, 0.5) is 15.8 Å². The average molecular weight is 571 g/mol. The molecule has 3 aromatic carbocycles. The Bertz CT molecular complexity index is 1470. The molecule has 212 valence electrons. The maximum absolute atomic E-state index is 14.7. The zero-order valence-corrected chi connectivity index (χ0v) is 23.2. The molecule has 0 aromatic heterocycles. The number of nitro benzene ring substituents is 1. The molecule has 0 saturated carbocycles. The van der Waals surface area contributed by atoms with E-state index in [9.17, 15) is 32.5 Å². The first-order valence-corrected chi connectivity index (χ1v) is 14.3. The van der Waals surface area contributed by atoms with Crippen LogP contribution in [0.1, 0.15) is 25.0 Å². The van der Waals surface area contributed by atoms with Gasteiger partial charge in [0.25, 0.3) is 5.69 Å². The van der Waals surface area contributed by atoms with Crippen LogP contribution in [0.15, 0.2) is 78.9 Å². The number of nitrogens with zero attached hydrogens (tertiary/aromatic N) is 3. The maximum Gasteiger partial charge on any atom is 0.271 e. The first kappa shape index (κ1) is 30.2. The van der Waals surface area contributed by atoms with Crippen molar-refractivity contribution < 1.29 is 27.3 Å². The fourth-order valence-electron chi connectivity index (χ4n) is 4.12. The van der Waals surface area contributed by atoms with Crippen LogP contribution in [-0.2, 0) is 32.6 Å². The molecule has 0 saturated heterocycles. The number of hydrogen-bond acceptors (Lipinski definition) is 6. The van der Waals surface area contributed by atoms with Gasteiger partial charge in [0.05, 0.1) is 16.9 Å². The Kier molecular flexibility index (Phi) is 9.94. The van der Waals surface area contributed by atoms with Crippen molar-refractivity contribution in [3.63, 3.8) is 0 Å². The Labute approximate surface area is 232 Å². The van der Waals surface area contributed by atoms with Gasteiger partial charge in [-0.15, -0.1) is 0 Å². The molecule has 0 spiro atoms. The van der Waals surface area contributed by atoms with Gasteiger partial charge in [-0.05, 0) is 31.5 Å². The minimum atomic E-state index is -4.11. The SMILES string of the molecule is CC(C)NC(=O)[C@@H](Cc1ccccc1)N(Cc1ccccc1F)C(=O)CN(c1cccc([N+](=O)[O-])c1)S(C)(=O)=O. The number of nitro groups is 1. The van der Waals surface area contributed by atoms with Crippen molar-refractivity contribution in [3.8, 4) is 0 Å². The van der Waals surface area contributed by atoms with E-state index in [-0.39, 0.29) is 35.9 Å². The Morgan fingerprint density at radius 2 is 1.65 bits per heavy atom. The van der Waals surface area contributed by atoms with E-state index in [1.54, 1.807) is 50.2 Å². The lowest BCUT2D eigenvalue weighted by atomic mass is 10.0. The third kappa shape index (κ3) is 8.09. The lowest BCUT2D eigenvalue weighted by Gasteiger charge is -2.34. The Morgan fingerprint density at radius 1 is 1.00 bits per heavy atom. The molecule has 0 fully saturated rings. The molecule has 40 heavy (non-hydrogen) atoms. The molecule has 0 bridgehead atoms. The fraction of sp³-hybridized carbons (Fsp3) is 0.286. The standard InChI is InChI=1S/C28H31FN4O6S/c1-20(2)30-28(35)26(16-21-10-5-4-6-11-21)31(18-22-12-7-8-15-25(22)29)27(34)19-32(40(3,38)39)23-13-9-14-24(17-23)33(36)37/h4-15,17,20,26H,16,18-19H2,1-3H3,(H,30,35)/t26-/m1/s1. The third-order valence-corrected chi connectivity index (χ3v) is 7.15. The van der Waals surface area contributed by atoms with E-state index in [0.29, 0.717) is 0 Å². The highest BCUT2D eigenvalue weighted by molar-refractivity contribution is 7.92. The topological polar surface area (TPSA) is 130 Å².